The summed E-state index contributed by atoms with van der Waals surface area (Å²) in [5.74, 6) is 0. The molecule has 31 heavy (non-hydrogen) atoms. The maximum atomic E-state index is 3.66. The molecule has 6 rings (SSSR count). The third kappa shape index (κ3) is 3.05. The van der Waals surface area contributed by atoms with Gasteiger partial charge in [0.2, 0.25) is 0 Å². The van der Waals surface area contributed by atoms with Gasteiger partial charge in [-0.2, -0.15) is 0 Å². The summed E-state index contributed by atoms with van der Waals surface area (Å²) >= 11 is 3.66. The van der Waals surface area contributed by atoms with E-state index in [-0.39, 0.29) is 0 Å². The fraction of sp³-hybridized carbons (Fsp3) is 0. The molecule has 0 aliphatic heterocycles. The summed E-state index contributed by atoms with van der Waals surface area (Å²) < 4.78 is 1.09. The fourth-order valence-corrected chi connectivity index (χ4v) is 5.10. The minimum atomic E-state index is 1.09. The van der Waals surface area contributed by atoms with Crippen LogP contribution in [0.5, 0.6) is 0 Å². The number of benzene rings is 6. The van der Waals surface area contributed by atoms with Gasteiger partial charge in [-0.1, -0.05) is 107 Å². The molecule has 0 aliphatic rings. The molecule has 0 bridgehead atoms. The lowest BCUT2D eigenvalue weighted by Crippen LogP contribution is -1.89. The second-order valence-corrected chi connectivity index (χ2v) is 8.83. The van der Waals surface area contributed by atoms with Crippen molar-refractivity contribution in [3.63, 3.8) is 0 Å². The molecule has 0 nitrogen and oxygen atoms in total. The smallest absolute Gasteiger partial charge is 0.0181 e. The lowest BCUT2D eigenvalue weighted by molar-refractivity contribution is 1.59. The van der Waals surface area contributed by atoms with Gasteiger partial charge >= 0.3 is 0 Å². The Balaban J connectivity index is 1.83. The van der Waals surface area contributed by atoms with Crippen molar-refractivity contribution in [1.82, 2.24) is 0 Å². The molecule has 0 unspecified atom stereocenters. The molecule has 0 aliphatic carbocycles. The molecule has 0 atom stereocenters. The van der Waals surface area contributed by atoms with E-state index in [2.05, 4.69) is 131 Å². The summed E-state index contributed by atoms with van der Waals surface area (Å²) in [6, 6.07) is 41.6. The quantitative estimate of drug-likeness (QED) is 0.226. The highest BCUT2D eigenvalue weighted by Crippen LogP contribution is 2.42. The minimum Gasteiger partial charge on any atom is -0.0622 e. The van der Waals surface area contributed by atoms with Crippen LogP contribution in [-0.4, -0.2) is 0 Å². The monoisotopic (exact) mass is 458 g/mol. The SMILES string of the molecule is Brc1cccc(-c2cc3c4ccccc4c4ccccc4c3cc2-c2ccccc2)c1. The van der Waals surface area contributed by atoms with Gasteiger partial charge in [-0.3, -0.25) is 0 Å². The molecule has 146 valence electrons. The van der Waals surface area contributed by atoms with Gasteiger partial charge in [0.05, 0.1) is 0 Å². The van der Waals surface area contributed by atoms with Gasteiger partial charge < -0.3 is 0 Å². The Morgan fingerprint density at radius 1 is 0.355 bits per heavy atom. The van der Waals surface area contributed by atoms with Crippen LogP contribution in [0.1, 0.15) is 0 Å². The number of hydrogen-bond acceptors (Lipinski definition) is 0. The summed E-state index contributed by atoms with van der Waals surface area (Å²) in [4.78, 5) is 0. The molecular weight excluding hydrogens is 440 g/mol. The second kappa shape index (κ2) is 7.37. The maximum Gasteiger partial charge on any atom is 0.0181 e. The zero-order valence-electron chi connectivity index (χ0n) is 16.8. The van der Waals surface area contributed by atoms with Crippen molar-refractivity contribution < 1.29 is 0 Å². The Kier molecular flexibility index (Phi) is 4.36. The molecule has 6 aromatic carbocycles. The molecule has 0 N–H and O–H groups in total. The molecule has 6 aromatic rings. The molecule has 0 fully saturated rings. The van der Waals surface area contributed by atoms with E-state index in [9.17, 15) is 0 Å². The standard InChI is InChI=1S/C30H19Br/c31-22-12-8-11-21(17-22)28-19-30-26-16-7-5-14-24(26)23-13-4-6-15-25(23)29(30)18-27(28)20-9-2-1-3-10-20/h1-19H. The van der Waals surface area contributed by atoms with Gasteiger partial charge in [0.15, 0.2) is 0 Å². The van der Waals surface area contributed by atoms with Crippen molar-refractivity contribution in [2.24, 2.45) is 0 Å². The van der Waals surface area contributed by atoms with Crippen LogP contribution in [0.4, 0.5) is 0 Å². The average Bonchev–Trinajstić information content (AvgIpc) is 2.84. The predicted octanol–water partition coefficient (Wildman–Crippen LogP) is 9.24. The number of rotatable bonds is 2. The molecule has 1 heteroatoms. The van der Waals surface area contributed by atoms with Crippen LogP contribution >= 0.6 is 15.9 Å². The average molecular weight is 459 g/mol. The highest BCUT2D eigenvalue weighted by Gasteiger charge is 2.14. The van der Waals surface area contributed by atoms with E-state index >= 15 is 0 Å². The van der Waals surface area contributed by atoms with Crippen LogP contribution in [-0.2, 0) is 0 Å². The Morgan fingerprint density at radius 2 is 0.806 bits per heavy atom. The minimum absolute atomic E-state index is 1.09. The molecule has 0 saturated carbocycles. The van der Waals surface area contributed by atoms with Crippen molar-refractivity contribution in [3.05, 3.63) is 120 Å². The van der Waals surface area contributed by atoms with Crippen molar-refractivity contribution in [1.29, 1.82) is 0 Å². The number of halogens is 1. The van der Waals surface area contributed by atoms with Gasteiger partial charge in [-0.25, -0.2) is 0 Å². The molecule has 0 saturated heterocycles. The zero-order chi connectivity index (χ0) is 20.8. The van der Waals surface area contributed by atoms with Crippen molar-refractivity contribution in [2.75, 3.05) is 0 Å². The molecule has 0 radical (unpaired) electrons. The maximum absolute atomic E-state index is 3.66. The van der Waals surface area contributed by atoms with Crippen LogP contribution in [0, 0.1) is 0 Å². The summed E-state index contributed by atoms with van der Waals surface area (Å²) in [7, 11) is 0. The second-order valence-electron chi connectivity index (χ2n) is 7.91. The van der Waals surface area contributed by atoms with E-state index in [1.54, 1.807) is 0 Å². The van der Waals surface area contributed by atoms with E-state index in [0.29, 0.717) is 0 Å². The third-order valence-corrected chi connectivity index (χ3v) is 6.60. The van der Waals surface area contributed by atoms with E-state index in [4.69, 9.17) is 0 Å². The molecular formula is C30H19Br. The first-order valence-corrected chi connectivity index (χ1v) is 11.3. The van der Waals surface area contributed by atoms with Gasteiger partial charge in [0.25, 0.3) is 0 Å². The first-order valence-electron chi connectivity index (χ1n) is 10.5. The van der Waals surface area contributed by atoms with Gasteiger partial charge in [0.1, 0.15) is 0 Å². The molecule has 0 aromatic heterocycles. The summed E-state index contributed by atoms with van der Waals surface area (Å²) in [6.07, 6.45) is 0. The van der Waals surface area contributed by atoms with E-state index in [1.807, 2.05) is 0 Å². The van der Waals surface area contributed by atoms with E-state index in [0.717, 1.165) is 4.47 Å². The first kappa shape index (κ1) is 18.4. The molecule has 0 amide bonds. The Bertz CT molecular complexity index is 1580. The van der Waals surface area contributed by atoms with Crippen LogP contribution in [0.25, 0.3) is 54.6 Å². The van der Waals surface area contributed by atoms with Crippen LogP contribution in [0.2, 0.25) is 0 Å². The Morgan fingerprint density at radius 3 is 1.35 bits per heavy atom. The topological polar surface area (TPSA) is 0 Å². The summed E-state index contributed by atoms with van der Waals surface area (Å²) in [6.45, 7) is 0. The fourth-order valence-electron chi connectivity index (χ4n) is 4.70. The summed E-state index contributed by atoms with van der Waals surface area (Å²) in [5, 5.41) is 7.80. The number of hydrogen-bond donors (Lipinski definition) is 0. The lowest BCUT2D eigenvalue weighted by atomic mass is 9.87. The largest absolute Gasteiger partial charge is 0.0622 e. The van der Waals surface area contributed by atoms with E-state index < -0.39 is 0 Å². The van der Waals surface area contributed by atoms with Crippen molar-refractivity contribution in [2.45, 2.75) is 0 Å². The lowest BCUT2D eigenvalue weighted by Gasteiger charge is -2.16. The van der Waals surface area contributed by atoms with E-state index in [1.165, 1.54) is 54.6 Å². The normalized spacial score (nSPS) is 11.4. The third-order valence-electron chi connectivity index (χ3n) is 6.10. The van der Waals surface area contributed by atoms with Gasteiger partial charge in [0, 0.05) is 4.47 Å². The molecule has 0 spiro atoms. The first-order chi connectivity index (χ1) is 15.3. The van der Waals surface area contributed by atoms with Crippen LogP contribution in [0.3, 0.4) is 0 Å². The Labute approximate surface area is 189 Å². The number of fused-ring (bicyclic) bond motifs is 6. The van der Waals surface area contributed by atoms with Gasteiger partial charge in [-0.15, -0.1) is 0 Å². The zero-order valence-corrected chi connectivity index (χ0v) is 18.4. The Hall–Kier alpha value is -3.42. The highest BCUT2D eigenvalue weighted by atomic mass is 79.9. The molecule has 0 heterocycles. The predicted molar refractivity (Wildman–Crippen MR) is 138 cm³/mol. The van der Waals surface area contributed by atoms with Crippen molar-refractivity contribution in [3.8, 4) is 22.3 Å². The summed E-state index contributed by atoms with van der Waals surface area (Å²) in [5.41, 5.74) is 4.95. The van der Waals surface area contributed by atoms with Crippen LogP contribution in [0.15, 0.2) is 120 Å². The van der Waals surface area contributed by atoms with Crippen molar-refractivity contribution >= 4 is 48.2 Å². The van der Waals surface area contributed by atoms with Gasteiger partial charge in [-0.05, 0) is 78.8 Å². The van der Waals surface area contributed by atoms with Crippen LogP contribution < -0.4 is 0 Å². The highest BCUT2D eigenvalue weighted by molar-refractivity contribution is 9.10.